The van der Waals surface area contributed by atoms with Gasteiger partial charge in [0.25, 0.3) is 0 Å². The molecule has 1 heterocycles. The van der Waals surface area contributed by atoms with E-state index in [1.54, 1.807) is 16.8 Å². The Kier molecular flexibility index (Phi) is 5.41. The average Bonchev–Trinajstić information content (AvgIpc) is 2.63. The normalized spacial score (nSPS) is 18.4. The Morgan fingerprint density at radius 2 is 2.06 bits per heavy atom. The SMILES string of the molecule is CCC(C)N(C)C(=O)C(=O)N1CCCNCC1. The van der Waals surface area contributed by atoms with Gasteiger partial charge in [-0.25, -0.2) is 0 Å². The van der Waals surface area contributed by atoms with Crippen molar-refractivity contribution in [2.45, 2.75) is 32.7 Å². The second-order valence-corrected chi connectivity index (χ2v) is 4.57. The van der Waals surface area contributed by atoms with Gasteiger partial charge in [-0.2, -0.15) is 0 Å². The van der Waals surface area contributed by atoms with E-state index in [1.807, 2.05) is 13.8 Å². The largest absolute Gasteiger partial charge is 0.335 e. The number of amides is 2. The van der Waals surface area contributed by atoms with E-state index in [0.29, 0.717) is 13.1 Å². The zero-order chi connectivity index (χ0) is 12.8. The fraction of sp³-hybridized carbons (Fsp3) is 0.833. The third kappa shape index (κ3) is 3.70. The summed E-state index contributed by atoms with van der Waals surface area (Å²) in [6.45, 7) is 6.94. The highest BCUT2D eigenvalue weighted by molar-refractivity contribution is 6.34. The first-order valence-electron chi connectivity index (χ1n) is 6.34. The number of rotatable bonds is 2. The van der Waals surface area contributed by atoms with Gasteiger partial charge in [0.1, 0.15) is 0 Å². The van der Waals surface area contributed by atoms with E-state index in [9.17, 15) is 9.59 Å². The van der Waals surface area contributed by atoms with Gasteiger partial charge in [0, 0.05) is 32.7 Å². The Labute approximate surface area is 103 Å². The third-order valence-electron chi connectivity index (χ3n) is 3.38. The molecule has 1 N–H and O–H groups in total. The van der Waals surface area contributed by atoms with Crippen molar-refractivity contribution in [2.24, 2.45) is 0 Å². The highest BCUT2D eigenvalue weighted by Crippen LogP contribution is 2.04. The fourth-order valence-corrected chi connectivity index (χ4v) is 1.81. The first-order valence-corrected chi connectivity index (χ1v) is 6.34. The number of nitrogens with zero attached hydrogens (tertiary/aromatic N) is 2. The van der Waals surface area contributed by atoms with E-state index in [-0.39, 0.29) is 17.9 Å². The zero-order valence-corrected chi connectivity index (χ0v) is 11.0. The van der Waals surface area contributed by atoms with Crippen molar-refractivity contribution in [3.05, 3.63) is 0 Å². The zero-order valence-electron chi connectivity index (χ0n) is 11.0. The van der Waals surface area contributed by atoms with Gasteiger partial charge in [0.15, 0.2) is 0 Å². The van der Waals surface area contributed by atoms with E-state index in [1.165, 1.54) is 0 Å². The number of hydrogen-bond donors (Lipinski definition) is 1. The summed E-state index contributed by atoms with van der Waals surface area (Å²) in [5.41, 5.74) is 0. The van der Waals surface area contributed by atoms with Crippen LogP contribution in [-0.2, 0) is 9.59 Å². The highest BCUT2D eigenvalue weighted by atomic mass is 16.2. The van der Waals surface area contributed by atoms with Crippen LogP contribution in [0.4, 0.5) is 0 Å². The van der Waals surface area contributed by atoms with Crippen LogP contribution in [0.25, 0.3) is 0 Å². The minimum absolute atomic E-state index is 0.108. The second-order valence-electron chi connectivity index (χ2n) is 4.57. The van der Waals surface area contributed by atoms with Gasteiger partial charge in [-0.15, -0.1) is 0 Å². The molecular formula is C12H23N3O2. The summed E-state index contributed by atoms with van der Waals surface area (Å²) in [6, 6.07) is 0.108. The predicted molar refractivity (Wildman–Crippen MR) is 66.6 cm³/mol. The minimum atomic E-state index is -0.388. The van der Waals surface area contributed by atoms with E-state index < -0.39 is 0 Å². The average molecular weight is 241 g/mol. The highest BCUT2D eigenvalue weighted by Gasteiger charge is 2.27. The summed E-state index contributed by atoms with van der Waals surface area (Å²) in [7, 11) is 1.70. The summed E-state index contributed by atoms with van der Waals surface area (Å²) in [6.07, 6.45) is 1.77. The van der Waals surface area contributed by atoms with Crippen molar-refractivity contribution in [2.75, 3.05) is 33.2 Å². The van der Waals surface area contributed by atoms with Crippen molar-refractivity contribution >= 4 is 11.8 Å². The number of carbonyl (C=O) groups excluding carboxylic acids is 2. The lowest BCUT2D eigenvalue weighted by Gasteiger charge is -2.26. The second kappa shape index (κ2) is 6.59. The summed E-state index contributed by atoms with van der Waals surface area (Å²) < 4.78 is 0. The molecule has 0 aromatic heterocycles. The molecule has 17 heavy (non-hydrogen) atoms. The molecule has 0 bridgehead atoms. The molecule has 2 amide bonds. The summed E-state index contributed by atoms with van der Waals surface area (Å²) in [5, 5.41) is 3.22. The maximum atomic E-state index is 12.0. The molecule has 1 aliphatic heterocycles. The fourth-order valence-electron chi connectivity index (χ4n) is 1.81. The van der Waals surface area contributed by atoms with Crippen LogP contribution >= 0.6 is 0 Å². The van der Waals surface area contributed by atoms with Gasteiger partial charge in [0.2, 0.25) is 0 Å². The standard InChI is InChI=1S/C12H23N3O2/c1-4-10(2)14(3)11(16)12(17)15-8-5-6-13-7-9-15/h10,13H,4-9H2,1-3H3. The molecule has 0 aliphatic carbocycles. The molecule has 0 spiro atoms. The van der Waals surface area contributed by atoms with Gasteiger partial charge in [-0.05, 0) is 26.3 Å². The van der Waals surface area contributed by atoms with Crippen LogP contribution in [0.2, 0.25) is 0 Å². The van der Waals surface area contributed by atoms with Crippen molar-refractivity contribution in [1.29, 1.82) is 0 Å². The maximum absolute atomic E-state index is 12.0. The Hall–Kier alpha value is -1.10. The predicted octanol–water partition coefficient (Wildman–Crippen LogP) is 0.0652. The lowest BCUT2D eigenvalue weighted by atomic mass is 10.2. The van der Waals surface area contributed by atoms with Crippen LogP contribution in [0.5, 0.6) is 0 Å². The molecular weight excluding hydrogens is 218 g/mol. The smallest absolute Gasteiger partial charge is 0.312 e. The number of hydrogen-bond acceptors (Lipinski definition) is 3. The Morgan fingerprint density at radius 1 is 1.35 bits per heavy atom. The molecule has 0 radical (unpaired) electrons. The van der Waals surface area contributed by atoms with E-state index in [2.05, 4.69) is 5.32 Å². The molecule has 1 fully saturated rings. The van der Waals surface area contributed by atoms with E-state index in [0.717, 1.165) is 25.9 Å². The number of carbonyl (C=O) groups is 2. The molecule has 98 valence electrons. The number of likely N-dealkylation sites (N-methyl/N-ethyl adjacent to an activating group) is 1. The van der Waals surface area contributed by atoms with Gasteiger partial charge >= 0.3 is 11.8 Å². The van der Waals surface area contributed by atoms with Crippen molar-refractivity contribution in [3.8, 4) is 0 Å². The number of nitrogens with one attached hydrogen (secondary N) is 1. The molecule has 5 heteroatoms. The van der Waals surface area contributed by atoms with Crippen LogP contribution in [0.1, 0.15) is 26.7 Å². The Balaban J connectivity index is 2.58. The molecule has 0 aromatic carbocycles. The van der Waals surface area contributed by atoms with Gasteiger partial charge in [0.05, 0.1) is 0 Å². The molecule has 1 aliphatic rings. The minimum Gasteiger partial charge on any atom is -0.335 e. The molecule has 5 nitrogen and oxygen atoms in total. The Bertz CT molecular complexity index is 273. The summed E-state index contributed by atoms with van der Waals surface area (Å²) in [5.74, 6) is -0.752. The van der Waals surface area contributed by atoms with Crippen LogP contribution in [0, 0.1) is 0 Å². The first kappa shape index (κ1) is 14.0. The van der Waals surface area contributed by atoms with Crippen LogP contribution < -0.4 is 5.32 Å². The third-order valence-corrected chi connectivity index (χ3v) is 3.38. The van der Waals surface area contributed by atoms with E-state index in [4.69, 9.17) is 0 Å². The monoisotopic (exact) mass is 241 g/mol. The summed E-state index contributed by atoms with van der Waals surface area (Å²) in [4.78, 5) is 27.2. The summed E-state index contributed by atoms with van der Waals surface area (Å²) >= 11 is 0. The topological polar surface area (TPSA) is 52.7 Å². The first-order chi connectivity index (χ1) is 8.07. The molecule has 0 saturated carbocycles. The van der Waals surface area contributed by atoms with Crippen LogP contribution in [0.3, 0.4) is 0 Å². The quantitative estimate of drug-likeness (QED) is 0.696. The molecule has 1 atom stereocenters. The van der Waals surface area contributed by atoms with Crippen LogP contribution in [-0.4, -0.2) is 60.9 Å². The molecule has 1 unspecified atom stereocenters. The lowest BCUT2D eigenvalue weighted by Crippen LogP contribution is -2.47. The molecule has 0 aromatic rings. The van der Waals surface area contributed by atoms with Crippen molar-refractivity contribution in [1.82, 2.24) is 15.1 Å². The maximum Gasteiger partial charge on any atom is 0.312 e. The van der Waals surface area contributed by atoms with Crippen LogP contribution in [0.15, 0.2) is 0 Å². The Morgan fingerprint density at radius 3 is 2.71 bits per heavy atom. The van der Waals surface area contributed by atoms with Crippen molar-refractivity contribution in [3.63, 3.8) is 0 Å². The van der Waals surface area contributed by atoms with Gasteiger partial charge in [-0.3, -0.25) is 9.59 Å². The lowest BCUT2D eigenvalue weighted by molar-refractivity contribution is -0.152. The van der Waals surface area contributed by atoms with Crippen molar-refractivity contribution < 1.29 is 9.59 Å². The van der Waals surface area contributed by atoms with Gasteiger partial charge in [-0.1, -0.05) is 6.92 Å². The van der Waals surface area contributed by atoms with E-state index >= 15 is 0 Å². The molecule has 1 rings (SSSR count). The molecule has 1 saturated heterocycles. The van der Waals surface area contributed by atoms with Gasteiger partial charge < -0.3 is 15.1 Å².